The summed E-state index contributed by atoms with van der Waals surface area (Å²) in [4.78, 5) is 2.62. The topological polar surface area (TPSA) is 29.3 Å². The lowest BCUT2D eigenvalue weighted by Crippen LogP contribution is -2.49. The van der Waals surface area contributed by atoms with E-state index in [0.717, 1.165) is 0 Å². The monoisotopic (exact) mass is 210 g/mol. The van der Waals surface area contributed by atoms with Crippen molar-refractivity contribution in [3.05, 3.63) is 0 Å². The SMILES string of the molecule is CC(C)N1CC[C@@H](N)[C@@H]1C1(C)CC1(C)C. The highest BCUT2D eigenvalue weighted by atomic mass is 15.2. The van der Waals surface area contributed by atoms with Gasteiger partial charge >= 0.3 is 0 Å². The van der Waals surface area contributed by atoms with Gasteiger partial charge in [0.1, 0.15) is 0 Å². The van der Waals surface area contributed by atoms with Crippen LogP contribution in [0.25, 0.3) is 0 Å². The Bertz CT molecular complexity index is 259. The number of nitrogens with two attached hydrogens (primary N) is 1. The van der Waals surface area contributed by atoms with Crippen molar-refractivity contribution in [1.29, 1.82) is 0 Å². The highest BCUT2D eigenvalue weighted by molar-refractivity contribution is 5.17. The lowest BCUT2D eigenvalue weighted by Gasteiger charge is -2.36. The minimum atomic E-state index is 0.388. The quantitative estimate of drug-likeness (QED) is 0.757. The zero-order valence-electron chi connectivity index (χ0n) is 10.9. The van der Waals surface area contributed by atoms with Gasteiger partial charge in [-0.3, -0.25) is 4.90 Å². The Hall–Kier alpha value is -0.0800. The number of nitrogens with zero attached hydrogens (tertiary/aromatic N) is 1. The first kappa shape index (κ1) is 11.4. The molecule has 2 heteroatoms. The molecule has 15 heavy (non-hydrogen) atoms. The fourth-order valence-corrected chi connectivity index (χ4v) is 3.64. The van der Waals surface area contributed by atoms with E-state index in [-0.39, 0.29) is 0 Å². The minimum absolute atomic E-state index is 0.388. The Morgan fingerprint density at radius 1 is 1.27 bits per heavy atom. The number of likely N-dealkylation sites (tertiary alicyclic amines) is 1. The molecule has 1 saturated heterocycles. The van der Waals surface area contributed by atoms with Crippen LogP contribution in [0.3, 0.4) is 0 Å². The van der Waals surface area contributed by atoms with Crippen LogP contribution in [-0.2, 0) is 0 Å². The van der Waals surface area contributed by atoms with Crippen LogP contribution in [0.4, 0.5) is 0 Å². The molecule has 2 fully saturated rings. The molecule has 3 atom stereocenters. The summed E-state index contributed by atoms with van der Waals surface area (Å²) in [5, 5.41) is 0. The minimum Gasteiger partial charge on any atom is -0.326 e. The molecule has 0 amide bonds. The molecule has 1 saturated carbocycles. The molecule has 2 aliphatic rings. The number of hydrogen-bond acceptors (Lipinski definition) is 2. The first-order chi connectivity index (χ1) is 6.79. The third-order valence-corrected chi connectivity index (χ3v) is 5.03. The van der Waals surface area contributed by atoms with Gasteiger partial charge in [0.25, 0.3) is 0 Å². The van der Waals surface area contributed by atoms with E-state index in [1.807, 2.05) is 0 Å². The van der Waals surface area contributed by atoms with Crippen LogP contribution in [0.1, 0.15) is 47.5 Å². The number of rotatable bonds is 2. The molecule has 0 aromatic rings. The third-order valence-electron chi connectivity index (χ3n) is 5.03. The normalized spacial score (nSPS) is 45.0. The Labute approximate surface area is 94.2 Å². The molecule has 0 aromatic carbocycles. The first-order valence-electron chi connectivity index (χ1n) is 6.31. The molecule has 1 aliphatic heterocycles. The van der Waals surface area contributed by atoms with Crippen LogP contribution in [0.15, 0.2) is 0 Å². The van der Waals surface area contributed by atoms with Crippen molar-refractivity contribution < 1.29 is 0 Å². The van der Waals surface area contributed by atoms with Gasteiger partial charge in [-0.15, -0.1) is 0 Å². The van der Waals surface area contributed by atoms with Crippen molar-refractivity contribution in [1.82, 2.24) is 4.90 Å². The smallest absolute Gasteiger partial charge is 0.0309 e. The summed E-state index contributed by atoms with van der Waals surface area (Å²) in [6, 6.07) is 1.63. The van der Waals surface area contributed by atoms with E-state index < -0.39 is 0 Å². The lowest BCUT2D eigenvalue weighted by atomic mass is 9.85. The average molecular weight is 210 g/mol. The number of hydrogen-bond donors (Lipinski definition) is 1. The van der Waals surface area contributed by atoms with Crippen molar-refractivity contribution in [2.45, 2.75) is 65.6 Å². The van der Waals surface area contributed by atoms with Gasteiger partial charge in [-0.05, 0) is 37.5 Å². The van der Waals surface area contributed by atoms with Gasteiger partial charge in [0.15, 0.2) is 0 Å². The molecule has 0 bridgehead atoms. The molecule has 1 unspecified atom stereocenters. The fourth-order valence-electron chi connectivity index (χ4n) is 3.64. The van der Waals surface area contributed by atoms with Crippen LogP contribution in [0, 0.1) is 10.8 Å². The van der Waals surface area contributed by atoms with E-state index in [0.29, 0.717) is 29.0 Å². The van der Waals surface area contributed by atoms with Gasteiger partial charge in [-0.2, -0.15) is 0 Å². The van der Waals surface area contributed by atoms with E-state index in [9.17, 15) is 0 Å². The van der Waals surface area contributed by atoms with Crippen LogP contribution in [-0.4, -0.2) is 29.6 Å². The molecule has 1 aliphatic carbocycles. The summed E-state index contributed by atoms with van der Waals surface area (Å²) in [6.07, 6.45) is 2.51. The molecule has 88 valence electrons. The highest BCUT2D eigenvalue weighted by Gasteiger charge is 2.64. The molecule has 0 spiro atoms. The van der Waals surface area contributed by atoms with Crippen molar-refractivity contribution >= 4 is 0 Å². The van der Waals surface area contributed by atoms with Gasteiger partial charge in [-0.25, -0.2) is 0 Å². The predicted octanol–water partition coefficient (Wildman–Crippen LogP) is 2.23. The average Bonchev–Trinajstić information content (AvgIpc) is 2.45. The van der Waals surface area contributed by atoms with E-state index in [1.54, 1.807) is 0 Å². The third kappa shape index (κ3) is 1.53. The van der Waals surface area contributed by atoms with Crippen molar-refractivity contribution in [3.63, 3.8) is 0 Å². The van der Waals surface area contributed by atoms with E-state index in [4.69, 9.17) is 5.73 Å². The van der Waals surface area contributed by atoms with Crippen LogP contribution in [0.2, 0.25) is 0 Å². The van der Waals surface area contributed by atoms with Gasteiger partial charge in [0, 0.05) is 24.7 Å². The van der Waals surface area contributed by atoms with E-state index >= 15 is 0 Å². The van der Waals surface area contributed by atoms with Crippen LogP contribution >= 0.6 is 0 Å². The van der Waals surface area contributed by atoms with Gasteiger partial charge in [-0.1, -0.05) is 20.8 Å². The molecular weight excluding hydrogens is 184 g/mol. The largest absolute Gasteiger partial charge is 0.326 e. The molecule has 2 N–H and O–H groups in total. The van der Waals surface area contributed by atoms with Gasteiger partial charge < -0.3 is 5.73 Å². The Balaban J connectivity index is 2.20. The van der Waals surface area contributed by atoms with Crippen molar-refractivity contribution in [3.8, 4) is 0 Å². The lowest BCUT2D eigenvalue weighted by molar-refractivity contribution is 0.119. The standard InChI is InChI=1S/C13H26N2/c1-9(2)15-7-6-10(14)11(15)13(5)8-12(13,3)4/h9-11H,6-8,14H2,1-5H3/t10-,11-,13?/m1/s1. The van der Waals surface area contributed by atoms with Crippen LogP contribution in [0.5, 0.6) is 0 Å². The second-order valence-corrected chi connectivity index (χ2v) is 6.71. The second-order valence-electron chi connectivity index (χ2n) is 6.71. The molecule has 1 heterocycles. The van der Waals surface area contributed by atoms with Crippen molar-refractivity contribution in [2.75, 3.05) is 6.54 Å². The molecule has 2 rings (SSSR count). The second kappa shape index (κ2) is 3.21. The zero-order valence-corrected chi connectivity index (χ0v) is 10.9. The van der Waals surface area contributed by atoms with E-state index in [2.05, 4.69) is 39.5 Å². The Morgan fingerprint density at radius 3 is 2.20 bits per heavy atom. The Kier molecular flexibility index (Phi) is 2.44. The van der Waals surface area contributed by atoms with Gasteiger partial charge in [0.05, 0.1) is 0 Å². The molecule has 2 nitrogen and oxygen atoms in total. The Morgan fingerprint density at radius 2 is 1.80 bits per heavy atom. The summed E-state index contributed by atoms with van der Waals surface area (Å²) < 4.78 is 0. The summed E-state index contributed by atoms with van der Waals surface area (Å²) in [5.74, 6) is 0. The first-order valence-corrected chi connectivity index (χ1v) is 6.31. The summed E-state index contributed by atoms with van der Waals surface area (Å²) in [5.41, 5.74) is 7.26. The summed E-state index contributed by atoms with van der Waals surface area (Å²) in [6.45, 7) is 13.0. The summed E-state index contributed by atoms with van der Waals surface area (Å²) in [7, 11) is 0. The highest BCUT2D eigenvalue weighted by Crippen LogP contribution is 2.67. The molecule has 0 radical (unpaired) electrons. The molecule has 0 aromatic heterocycles. The predicted molar refractivity (Wildman–Crippen MR) is 64.7 cm³/mol. The van der Waals surface area contributed by atoms with E-state index in [1.165, 1.54) is 19.4 Å². The fraction of sp³-hybridized carbons (Fsp3) is 1.00. The summed E-state index contributed by atoms with van der Waals surface area (Å²) >= 11 is 0. The van der Waals surface area contributed by atoms with Crippen molar-refractivity contribution in [2.24, 2.45) is 16.6 Å². The maximum atomic E-state index is 6.31. The molecular formula is C13H26N2. The zero-order chi connectivity index (χ0) is 11.4. The van der Waals surface area contributed by atoms with Gasteiger partial charge in [0.2, 0.25) is 0 Å². The van der Waals surface area contributed by atoms with Crippen LogP contribution < -0.4 is 5.73 Å². The maximum absolute atomic E-state index is 6.31. The maximum Gasteiger partial charge on any atom is 0.0309 e.